The number of rotatable bonds is 1. The van der Waals surface area contributed by atoms with E-state index in [1.165, 1.54) is 6.92 Å². The molecule has 0 amide bonds. The largest absolute Gasteiger partial charge is 1.00 e. The Labute approximate surface area is 98.9 Å². The minimum atomic E-state index is -2.86. The zero-order valence-electron chi connectivity index (χ0n) is 7.14. The quantitative estimate of drug-likeness (QED) is 0.422. The van der Waals surface area contributed by atoms with E-state index in [2.05, 4.69) is 0 Å². The average molecular weight is 214 g/mol. The summed E-state index contributed by atoms with van der Waals surface area (Å²) in [5.74, 6) is -2.11. The second-order valence-electron chi connectivity index (χ2n) is 2.29. The van der Waals surface area contributed by atoms with Gasteiger partial charge in [-0.1, -0.05) is 0 Å². The minimum Gasteiger partial charge on any atom is -0.768 e. The third-order valence-electron chi connectivity index (χ3n) is 1.31. The van der Waals surface area contributed by atoms with Crippen LogP contribution in [0.2, 0.25) is 0 Å². The van der Waals surface area contributed by atoms with Gasteiger partial charge in [0.15, 0.2) is 0 Å². The molecule has 0 aliphatic carbocycles. The van der Waals surface area contributed by atoms with Crippen molar-refractivity contribution in [2.24, 2.45) is 0 Å². The van der Waals surface area contributed by atoms with Gasteiger partial charge in [0, 0.05) is 0 Å². The van der Waals surface area contributed by atoms with Crippen molar-refractivity contribution in [1.82, 2.24) is 0 Å². The van der Waals surface area contributed by atoms with Crippen LogP contribution in [0.5, 0.6) is 0 Å². The molecule has 0 aromatic heterocycles. The van der Waals surface area contributed by atoms with E-state index in [9.17, 15) is 17.5 Å². The first-order valence-electron chi connectivity index (χ1n) is 3.07. The fourth-order valence-electron chi connectivity index (χ4n) is 0.846. The second kappa shape index (κ2) is 5.17. The summed E-state index contributed by atoms with van der Waals surface area (Å²) >= 11 is -2.86. The van der Waals surface area contributed by atoms with Crippen LogP contribution in [-0.4, -0.2) is 8.76 Å². The number of hydrogen-bond acceptors (Lipinski definition) is 2. The molecule has 6 heteroatoms. The minimum absolute atomic E-state index is 0. The van der Waals surface area contributed by atoms with Crippen LogP contribution in [0.4, 0.5) is 8.78 Å². The first-order chi connectivity index (χ1) is 5.52. The molecule has 66 valence electrons. The summed E-state index contributed by atoms with van der Waals surface area (Å²) in [5, 5.41) is 0. The molecule has 0 aliphatic rings. The van der Waals surface area contributed by atoms with Crippen molar-refractivity contribution in [3.63, 3.8) is 0 Å². The van der Waals surface area contributed by atoms with Gasteiger partial charge < -0.3 is 4.55 Å². The zero-order chi connectivity index (χ0) is 9.30. The molecule has 1 rings (SSSR count). The first-order valence-corrected chi connectivity index (χ1v) is 4.15. The summed E-state index contributed by atoms with van der Waals surface area (Å²) in [5.41, 5.74) is 0.346. The van der Waals surface area contributed by atoms with Gasteiger partial charge in [0.1, 0.15) is 11.6 Å². The van der Waals surface area contributed by atoms with Crippen molar-refractivity contribution < 1.29 is 47.1 Å². The third-order valence-corrected chi connectivity index (χ3v) is 2.03. The van der Waals surface area contributed by atoms with Gasteiger partial charge in [0.05, 0.1) is 4.90 Å². The molecule has 13 heavy (non-hydrogen) atoms. The maximum Gasteiger partial charge on any atom is 1.00 e. The number of aryl methyl sites for hydroxylation is 1. The van der Waals surface area contributed by atoms with Crippen LogP contribution >= 0.6 is 0 Å². The van der Waals surface area contributed by atoms with Crippen molar-refractivity contribution >= 4 is 11.1 Å². The molecule has 0 N–H and O–H groups in total. The predicted octanol–water partition coefficient (Wildman–Crippen LogP) is -1.48. The molecule has 0 aliphatic heterocycles. The molecule has 0 spiro atoms. The van der Waals surface area contributed by atoms with Gasteiger partial charge in [-0.15, -0.1) is 0 Å². The molecule has 1 unspecified atom stereocenters. The summed E-state index contributed by atoms with van der Waals surface area (Å²) in [7, 11) is 0. The molecule has 0 fully saturated rings. The molecule has 0 saturated heterocycles. The van der Waals surface area contributed by atoms with Crippen LogP contribution in [0.3, 0.4) is 0 Å². The average Bonchev–Trinajstić information content (AvgIpc) is 1.82. The van der Waals surface area contributed by atoms with Crippen LogP contribution in [-0.2, 0) is 11.1 Å². The Balaban J connectivity index is 0.00000144. The van der Waals surface area contributed by atoms with Gasteiger partial charge in [-0.2, -0.15) is 0 Å². The number of hydrogen-bond donors (Lipinski definition) is 0. The summed E-state index contributed by atoms with van der Waals surface area (Å²) in [6.45, 7) is 1.48. The maximum atomic E-state index is 12.7. The third kappa shape index (κ3) is 3.11. The number of benzene rings is 1. The van der Waals surface area contributed by atoms with Gasteiger partial charge in [-0.05, 0) is 35.7 Å². The zero-order valence-corrected chi connectivity index (χ0v) is 9.95. The Bertz CT molecular complexity index is 320. The Hall–Kier alpha value is 0.190. The molecule has 0 heterocycles. The molecule has 1 atom stereocenters. The predicted molar refractivity (Wildman–Crippen MR) is 38.3 cm³/mol. The van der Waals surface area contributed by atoms with E-state index in [0.717, 1.165) is 12.1 Å². The van der Waals surface area contributed by atoms with Crippen molar-refractivity contribution in [2.45, 2.75) is 11.8 Å². The van der Waals surface area contributed by atoms with Crippen LogP contribution in [0, 0.1) is 18.6 Å². The molecule has 1 aromatic carbocycles. The SMILES string of the molecule is Cc1cc(F)c(S(=O)[O-])c(F)c1.[Na+]. The Kier molecular flexibility index (Phi) is 5.24. The fraction of sp³-hybridized carbons (Fsp3) is 0.143. The summed E-state index contributed by atoms with van der Waals surface area (Å²) < 4.78 is 46.0. The van der Waals surface area contributed by atoms with E-state index < -0.39 is 27.6 Å². The van der Waals surface area contributed by atoms with E-state index in [1.807, 2.05) is 0 Å². The summed E-state index contributed by atoms with van der Waals surface area (Å²) in [6, 6.07) is 1.93. The molecule has 0 radical (unpaired) electrons. The second-order valence-corrected chi connectivity index (χ2v) is 3.17. The van der Waals surface area contributed by atoms with Gasteiger partial charge in [-0.25, -0.2) is 8.78 Å². The van der Waals surface area contributed by atoms with Gasteiger partial charge in [-0.3, -0.25) is 4.21 Å². The van der Waals surface area contributed by atoms with E-state index >= 15 is 0 Å². The fourth-order valence-corrected chi connectivity index (χ4v) is 1.28. The first kappa shape index (κ1) is 13.2. The summed E-state index contributed by atoms with van der Waals surface area (Å²) in [6.07, 6.45) is 0. The van der Waals surface area contributed by atoms with E-state index in [-0.39, 0.29) is 29.6 Å². The molecular formula is C7H5F2NaO2S. The van der Waals surface area contributed by atoms with Gasteiger partial charge in [0.2, 0.25) is 0 Å². The topological polar surface area (TPSA) is 40.1 Å². The normalized spacial score (nSPS) is 12.0. The van der Waals surface area contributed by atoms with Gasteiger partial charge in [0.25, 0.3) is 0 Å². The van der Waals surface area contributed by atoms with Crippen LogP contribution < -0.4 is 29.6 Å². The van der Waals surface area contributed by atoms with E-state index in [1.54, 1.807) is 0 Å². The Morgan fingerprint density at radius 1 is 1.31 bits per heavy atom. The molecule has 1 aromatic rings. The van der Waals surface area contributed by atoms with Crippen LogP contribution in [0.25, 0.3) is 0 Å². The van der Waals surface area contributed by atoms with Crippen molar-refractivity contribution in [3.8, 4) is 0 Å². The monoisotopic (exact) mass is 214 g/mol. The Morgan fingerprint density at radius 3 is 2.00 bits per heavy atom. The van der Waals surface area contributed by atoms with Crippen molar-refractivity contribution in [3.05, 3.63) is 29.3 Å². The maximum absolute atomic E-state index is 12.7. The van der Waals surface area contributed by atoms with Crippen LogP contribution in [0.1, 0.15) is 5.56 Å². The number of halogens is 2. The van der Waals surface area contributed by atoms with Crippen molar-refractivity contribution in [1.29, 1.82) is 0 Å². The van der Waals surface area contributed by atoms with Gasteiger partial charge >= 0.3 is 29.6 Å². The van der Waals surface area contributed by atoms with E-state index in [4.69, 9.17) is 0 Å². The molecule has 0 saturated carbocycles. The van der Waals surface area contributed by atoms with Crippen molar-refractivity contribution in [2.75, 3.05) is 0 Å². The summed E-state index contributed by atoms with van der Waals surface area (Å²) in [4.78, 5) is -0.902. The smallest absolute Gasteiger partial charge is 0.768 e. The molecule has 2 nitrogen and oxygen atoms in total. The standard InChI is InChI=1S/C7H6F2O2S.Na/c1-4-2-5(8)7(12(10)11)6(9)3-4;/h2-3H,1H3,(H,10,11);/q;+1/p-1. The van der Waals surface area contributed by atoms with E-state index in [0.29, 0.717) is 5.56 Å². The molecular weight excluding hydrogens is 209 g/mol. The Morgan fingerprint density at radius 2 is 1.69 bits per heavy atom. The molecule has 0 bridgehead atoms. The van der Waals surface area contributed by atoms with Crippen LogP contribution in [0.15, 0.2) is 17.0 Å².